The SMILES string of the molecule is CCC(C)(C)OC(=O)N1CCC[C@H]1C(O)C1=CNCC=C1.CF. The summed E-state index contributed by atoms with van der Waals surface area (Å²) in [6.07, 6.45) is 7.17. The Morgan fingerprint density at radius 1 is 1.57 bits per heavy atom. The molecule has 2 rings (SSSR count). The molecule has 132 valence electrons. The van der Waals surface area contributed by atoms with Gasteiger partial charge in [0.1, 0.15) is 11.7 Å². The van der Waals surface area contributed by atoms with E-state index in [4.69, 9.17) is 4.74 Å². The van der Waals surface area contributed by atoms with Crippen LogP contribution in [0.4, 0.5) is 9.18 Å². The summed E-state index contributed by atoms with van der Waals surface area (Å²) >= 11 is 0. The topological polar surface area (TPSA) is 61.8 Å². The van der Waals surface area contributed by atoms with Crippen LogP contribution in [0, 0.1) is 0 Å². The third-order valence-corrected chi connectivity index (χ3v) is 4.27. The van der Waals surface area contributed by atoms with Crippen molar-refractivity contribution in [1.29, 1.82) is 0 Å². The number of aliphatic hydroxyl groups is 1. The molecule has 0 aromatic carbocycles. The molecule has 0 radical (unpaired) electrons. The first kappa shape index (κ1) is 19.5. The molecule has 1 amide bonds. The summed E-state index contributed by atoms with van der Waals surface area (Å²) in [6, 6.07) is -0.207. The number of nitrogens with one attached hydrogen (secondary N) is 1. The molecule has 0 aliphatic carbocycles. The summed E-state index contributed by atoms with van der Waals surface area (Å²) in [5.41, 5.74) is 0.349. The molecule has 2 N–H and O–H groups in total. The molecule has 1 fully saturated rings. The number of alkyl halides is 1. The van der Waals surface area contributed by atoms with Crippen LogP contribution in [0.15, 0.2) is 23.9 Å². The molecule has 1 unspecified atom stereocenters. The Balaban J connectivity index is 0.00000127. The van der Waals surface area contributed by atoms with Crippen LogP contribution in [0.3, 0.4) is 0 Å². The van der Waals surface area contributed by atoms with Crippen molar-refractivity contribution < 1.29 is 19.0 Å². The fourth-order valence-corrected chi connectivity index (χ4v) is 2.61. The van der Waals surface area contributed by atoms with E-state index in [1.54, 1.807) is 4.90 Å². The van der Waals surface area contributed by atoms with Gasteiger partial charge in [-0.1, -0.05) is 19.1 Å². The van der Waals surface area contributed by atoms with Gasteiger partial charge in [-0.05, 0) is 38.7 Å². The summed E-state index contributed by atoms with van der Waals surface area (Å²) in [6.45, 7) is 7.22. The molecule has 0 aromatic rings. The fraction of sp³-hybridized carbons (Fsp3) is 0.706. The molecule has 1 saturated heterocycles. The minimum Gasteiger partial charge on any atom is -0.443 e. The number of hydrogen-bond donors (Lipinski definition) is 2. The van der Waals surface area contributed by atoms with E-state index in [0.29, 0.717) is 13.7 Å². The van der Waals surface area contributed by atoms with Crippen LogP contribution >= 0.6 is 0 Å². The molecule has 2 aliphatic heterocycles. The third kappa shape index (κ3) is 5.23. The van der Waals surface area contributed by atoms with Crippen molar-refractivity contribution in [3.63, 3.8) is 0 Å². The minimum absolute atomic E-state index is 0.207. The van der Waals surface area contributed by atoms with E-state index in [9.17, 15) is 14.3 Å². The van der Waals surface area contributed by atoms with E-state index >= 15 is 0 Å². The van der Waals surface area contributed by atoms with Crippen LogP contribution in [0.2, 0.25) is 0 Å². The zero-order chi connectivity index (χ0) is 17.5. The Hall–Kier alpha value is -1.56. The van der Waals surface area contributed by atoms with Crippen LogP contribution < -0.4 is 5.32 Å². The van der Waals surface area contributed by atoms with Crippen LogP contribution in [0.5, 0.6) is 0 Å². The van der Waals surface area contributed by atoms with Crippen molar-refractivity contribution in [2.24, 2.45) is 0 Å². The Morgan fingerprint density at radius 3 is 2.83 bits per heavy atom. The average molecular weight is 328 g/mol. The van der Waals surface area contributed by atoms with Crippen LogP contribution in [0.25, 0.3) is 0 Å². The predicted octanol–water partition coefficient (Wildman–Crippen LogP) is 2.77. The highest BCUT2D eigenvalue weighted by Crippen LogP contribution is 2.27. The summed E-state index contributed by atoms with van der Waals surface area (Å²) in [5, 5.41) is 13.6. The summed E-state index contributed by atoms with van der Waals surface area (Å²) < 4.78 is 15.1. The molecule has 0 bridgehead atoms. The highest BCUT2D eigenvalue weighted by Gasteiger charge is 2.37. The molecular formula is C17H29FN2O3. The summed E-state index contributed by atoms with van der Waals surface area (Å²) in [5.74, 6) is 0. The third-order valence-electron chi connectivity index (χ3n) is 4.27. The van der Waals surface area contributed by atoms with E-state index < -0.39 is 11.7 Å². The Bertz CT molecular complexity index is 449. The van der Waals surface area contributed by atoms with Crippen LogP contribution in [-0.4, -0.2) is 54.1 Å². The molecule has 23 heavy (non-hydrogen) atoms. The van der Waals surface area contributed by atoms with Crippen molar-refractivity contribution in [3.05, 3.63) is 23.9 Å². The summed E-state index contributed by atoms with van der Waals surface area (Å²) in [4.78, 5) is 14.0. The van der Waals surface area contributed by atoms with Crippen LogP contribution in [-0.2, 0) is 4.74 Å². The van der Waals surface area contributed by atoms with E-state index in [1.165, 1.54) is 0 Å². The zero-order valence-electron chi connectivity index (χ0n) is 14.5. The number of ether oxygens (including phenoxy) is 1. The maximum absolute atomic E-state index is 12.4. The monoisotopic (exact) mass is 328 g/mol. The lowest BCUT2D eigenvalue weighted by Crippen LogP contribution is -2.46. The van der Waals surface area contributed by atoms with Gasteiger partial charge in [-0.25, -0.2) is 4.79 Å². The Kier molecular flexibility index (Phi) is 7.55. The lowest BCUT2D eigenvalue weighted by Gasteiger charge is -2.32. The molecule has 2 atom stereocenters. The number of carbonyl (C=O) groups is 1. The van der Waals surface area contributed by atoms with Crippen molar-refractivity contribution >= 4 is 6.09 Å². The molecule has 5 nitrogen and oxygen atoms in total. The first-order valence-corrected chi connectivity index (χ1v) is 8.10. The van der Waals surface area contributed by atoms with Crippen LogP contribution in [0.1, 0.15) is 40.0 Å². The Labute approximate surface area is 138 Å². The quantitative estimate of drug-likeness (QED) is 0.833. The number of rotatable bonds is 4. The molecule has 0 aromatic heterocycles. The molecule has 6 heteroatoms. The second-order valence-corrected chi connectivity index (χ2v) is 6.28. The van der Waals surface area contributed by atoms with Crippen molar-refractivity contribution in [1.82, 2.24) is 10.2 Å². The number of likely N-dealkylation sites (tertiary alicyclic amines) is 1. The highest BCUT2D eigenvalue weighted by molar-refractivity contribution is 5.69. The molecule has 0 saturated carbocycles. The van der Waals surface area contributed by atoms with Gasteiger partial charge in [0, 0.05) is 19.3 Å². The van der Waals surface area contributed by atoms with Crippen molar-refractivity contribution in [2.75, 3.05) is 20.3 Å². The van der Waals surface area contributed by atoms with E-state index in [1.807, 2.05) is 39.1 Å². The fourth-order valence-electron chi connectivity index (χ4n) is 2.61. The average Bonchev–Trinajstić information content (AvgIpc) is 3.06. The molecular weight excluding hydrogens is 299 g/mol. The number of dihydropyridines is 1. The largest absolute Gasteiger partial charge is 0.443 e. The summed E-state index contributed by atoms with van der Waals surface area (Å²) in [7, 11) is 0.500. The van der Waals surface area contributed by atoms with Gasteiger partial charge in [-0.15, -0.1) is 0 Å². The first-order chi connectivity index (χ1) is 10.9. The second-order valence-electron chi connectivity index (χ2n) is 6.28. The number of nitrogens with zero attached hydrogens (tertiary/aromatic N) is 1. The van der Waals surface area contributed by atoms with Gasteiger partial charge in [-0.3, -0.25) is 4.39 Å². The smallest absolute Gasteiger partial charge is 0.410 e. The lowest BCUT2D eigenvalue weighted by atomic mass is 9.99. The number of hydrogen-bond acceptors (Lipinski definition) is 4. The number of amides is 1. The number of halogens is 1. The molecule has 2 aliphatic rings. The van der Waals surface area contributed by atoms with Gasteiger partial charge in [0.05, 0.1) is 13.2 Å². The van der Waals surface area contributed by atoms with Gasteiger partial charge < -0.3 is 20.1 Å². The molecule has 0 spiro atoms. The number of aliphatic hydroxyl groups excluding tert-OH is 1. The van der Waals surface area contributed by atoms with E-state index in [-0.39, 0.29) is 12.1 Å². The predicted molar refractivity (Wildman–Crippen MR) is 88.8 cm³/mol. The van der Waals surface area contributed by atoms with Crippen molar-refractivity contribution in [2.45, 2.75) is 57.8 Å². The van der Waals surface area contributed by atoms with Gasteiger partial charge >= 0.3 is 6.09 Å². The Morgan fingerprint density at radius 2 is 2.26 bits per heavy atom. The van der Waals surface area contributed by atoms with Gasteiger partial charge in [0.25, 0.3) is 0 Å². The maximum atomic E-state index is 12.4. The van der Waals surface area contributed by atoms with E-state index in [0.717, 1.165) is 31.4 Å². The highest BCUT2D eigenvalue weighted by atomic mass is 19.1. The standard InChI is InChI=1S/C16H26N2O3.CH3F/c1-4-16(2,3)21-15(20)18-10-6-8-13(18)14(19)12-7-5-9-17-11-12;1-2/h5,7,11,13-14,17,19H,4,6,8-10H2,1-3H3;1H3/t13-,14?;/m0./s1. The normalized spacial score (nSPS) is 21.7. The van der Waals surface area contributed by atoms with E-state index in [2.05, 4.69) is 5.32 Å². The minimum atomic E-state index is -0.672. The van der Waals surface area contributed by atoms with Gasteiger partial charge in [-0.2, -0.15) is 0 Å². The first-order valence-electron chi connectivity index (χ1n) is 8.10. The van der Waals surface area contributed by atoms with Gasteiger partial charge in [0.2, 0.25) is 0 Å². The van der Waals surface area contributed by atoms with Gasteiger partial charge in [0.15, 0.2) is 0 Å². The van der Waals surface area contributed by atoms with Crippen molar-refractivity contribution in [3.8, 4) is 0 Å². The second kappa shape index (κ2) is 8.91. The number of carbonyl (C=O) groups excluding carboxylic acids is 1. The zero-order valence-corrected chi connectivity index (χ0v) is 14.5. The molecule has 2 heterocycles. The maximum Gasteiger partial charge on any atom is 0.410 e. The lowest BCUT2D eigenvalue weighted by molar-refractivity contribution is -0.000658.